The van der Waals surface area contributed by atoms with Crippen LogP contribution >= 0.6 is 0 Å². The zero-order valence-corrected chi connectivity index (χ0v) is 15.1. The molecule has 0 unspecified atom stereocenters. The number of ether oxygens (including phenoxy) is 2. The Balaban J connectivity index is 1.41. The minimum absolute atomic E-state index is 0.603. The molecule has 2 heterocycles. The van der Waals surface area contributed by atoms with Gasteiger partial charge in [-0.3, -0.25) is 9.88 Å². The van der Waals surface area contributed by atoms with Crippen LogP contribution in [0.4, 0.5) is 0 Å². The first kappa shape index (κ1) is 18.3. The highest BCUT2D eigenvalue weighted by atomic mass is 16.5. The summed E-state index contributed by atoms with van der Waals surface area (Å²) in [4.78, 5) is 7.26. The number of methoxy groups -OCH3 is 1. The first-order valence-corrected chi connectivity index (χ1v) is 9.23. The van der Waals surface area contributed by atoms with Crippen LogP contribution in [0.15, 0.2) is 36.4 Å². The van der Waals surface area contributed by atoms with E-state index in [0.29, 0.717) is 19.3 Å². The molecule has 3 rings (SSSR count). The number of benzene rings is 1. The van der Waals surface area contributed by atoms with Crippen molar-refractivity contribution in [2.24, 2.45) is 0 Å². The molecule has 25 heavy (non-hydrogen) atoms. The minimum Gasteiger partial charge on any atom is -0.382 e. The summed E-state index contributed by atoms with van der Waals surface area (Å²) in [5.41, 5.74) is 2.17. The van der Waals surface area contributed by atoms with Gasteiger partial charge in [-0.2, -0.15) is 0 Å². The number of para-hydroxylation sites is 1. The van der Waals surface area contributed by atoms with Gasteiger partial charge in [0.2, 0.25) is 0 Å². The maximum atomic E-state index is 5.60. The molecule has 1 atom stereocenters. The van der Waals surface area contributed by atoms with Crippen molar-refractivity contribution in [2.75, 3.05) is 46.6 Å². The Morgan fingerprint density at radius 3 is 3.00 bits per heavy atom. The Morgan fingerprint density at radius 1 is 1.16 bits per heavy atom. The van der Waals surface area contributed by atoms with E-state index < -0.39 is 0 Å². The van der Waals surface area contributed by atoms with Crippen LogP contribution in [-0.4, -0.2) is 62.5 Å². The first-order chi connectivity index (χ1) is 12.4. The molecule has 1 aliphatic heterocycles. The van der Waals surface area contributed by atoms with Crippen molar-refractivity contribution in [3.05, 3.63) is 42.1 Å². The Labute approximate surface area is 150 Å². The van der Waals surface area contributed by atoms with Gasteiger partial charge in [0.05, 0.1) is 31.0 Å². The van der Waals surface area contributed by atoms with E-state index in [4.69, 9.17) is 14.5 Å². The fraction of sp³-hybridized carbons (Fsp3) is 0.550. The molecule has 1 aromatic heterocycles. The van der Waals surface area contributed by atoms with Gasteiger partial charge in [0, 0.05) is 38.2 Å². The Hall–Kier alpha value is -1.53. The van der Waals surface area contributed by atoms with Crippen molar-refractivity contribution in [3.63, 3.8) is 0 Å². The largest absolute Gasteiger partial charge is 0.382 e. The Kier molecular flexibility index (Phi) is 7.18. The van der Waals surface area contributed by atoms with Crippen LogP contribution in [0.5, 0.6) is 0 Å². The highest BCUT2D eigenvalue weighted by Gasteiger charge is 2.23. The second-order valence-electron chi connectivity index (χ2n) is 6.56. The molecule has 1 aromatic carbocycles. The van der Waals surface area contributed by atoms with Gasteiger partial charge in [-0.1, -0.05) is 24.3 Å². The summed E-state index contributed by atoms with van der Waals surface area (Å²) in [7, 11) is 1.70. The lowest BCUT2D eigenvalue weighted by Gasteiger charge is -2.24. The van der Waals surface area contributed by atoms with E-state index >= 15 is 0 Å². The minimum atomic E-state index is 0.603. The fourth-order valence-corrected chi connectivity index (χ4v) is 3.42. The molecule has 1 saturated heterocycles. The van der Waals surface area contributed by atoms with Gasteiger partial charge in [-0.25, -0.2) is 0 Å². The molecule has 0 saturated carbocycles. The predicted octanol–water partition coefficient (Wildman–Crippen LogP) is 2.45. The molecule has 0 radical (unpaired) electrons. The maximum Gasteiger partial charge on any atom is 0.0705 e. The first-order valence-electron chi connectivity index (χ1n) is 9.23. The van der Waals surface area contributed by atoms with Crippen LogP contribution in [-0.2, 0) is 16.0 Å². The molecular weight excluding hydrogens is 314 g/mol. The van der Waals surface area contributed by atoms with Gasteiger partial charge in [-0.15, -0.1) is 0 Å². The second-order valence-corrected chi connectivity index (χ2v) is 6.56. The number of likely N-dealkylation sites (tertiary alicyclic amines) is 1. The van der Waals surface area contributed by atoms with Gasteiger partial charge in [0.15, 0.2) is 0 Å². The number of nitrogens with zero attached hydrogens (tertiary/aromatic N) is 2. The van der Waals surface area contributed by atoms with Crippen molar-refractivity contribution >= 4 is 10.9 Å². The number of hydrogen-bond acceptors (Lipinski definition) is 5. The SMILES string of the molecule is COCCOCCN1CCC[C@H]1CNCc1ccc2ccccc2n1. The van der Waals surface area contributed by atoms with Crippen LogP contribution in [0.2, 0.25) is 0 Å². The normalized spacial score (nSPS) is 18.2. The van der Waals surface area contributed by atoms with Crippen LogP contribution in [0, 0.1) is 0 Å². The second kappa shape index (κ2) is 9.82. The Bertz CT molecular complexity index is 650. The van der Waals surface area contributed by atoms with E-state index in [1.165, 1.54) is 24.8 Å². The van der Waals surface area contributed by atoms with Crippen molar-refractivity contribution in [1.82, 2.24) is 15.2 Å². The van der Waals surface area contributed by atoms with Crippen LogP contribution in [0.3, 0.4) is 0 Å². The zero-order chi connectivity index (χ0) is 17.3. The molecule has 5 heteroatoms. The lowest BCUT2D eigenvalue weighted by atomic mass is 10.2. The topological polar surface area (TPSA) is 46.6 Å². The summed E-state index contributed by atoms with van der Waals surface area (Å²) in [5, 5.41) is 4.78. The molecule has 1 N–H and O–H groups in total. The fourth-order valence-electron chi connectivity index (χ4n) is 3.42. The van der Waals surface area contributed by atoms with Gasteiger partial charge in [0.1, 0.15) is 0 Å². The predicted molar refractivity (Wildman–Crippen MR) is 101 cm³/mol. The van der Waals surface area contributed by atoms with E-state index in [9.17, 15) is 0 Å². The average Bonchev–Trinajstić information content (AvgIpc) is 3.09. The quantitative estimate of drug-likeness (QED) is 0.672. The van der Waals surface area contributed by atoms with Crippen LogP contribution < -0.4 is 5.32 Å². The number of hydrogen-bond donors (Lipinski definition) is 1. The number of fused-ring (bicyclic) bond motifs is 1. The lowest BCUT2D eigenvalue weighted by molar-refractivity contribution is 0.0552. The monoisotopic (exact) mass is 343 g/mol. The molecule has 2 aromatic rings. The molecule has 5 nitrogen and oxygen atoms in total. The number of pyridine rings is 1. The third-order valence-electron chi connectivity index (χ3n) is 4.80. The molecule has 0 bridgehead atoms. The zero-order valence-electron chi connectivity index (χ0n) is 15.1. The molecule has 1 aliphatic rings. The summed E-state index contributed by atoms with van der Waals surface area (Å²) >= 11 is 0. The van der Waals surface area contributed by atoms with Crippen molar-refractivity contribution in [3.8, 4) is 0 Å². The highest BCUT2D eigenvalue weighted by Crippen LogP contribution is 2.16. The highest BCUT2D eigenvalue weighted by molar-refractivity contribution is 5.78. The van der Waals surface area contributed by atoms with Crippen LogP contribution in [0.1, 0.15) is 18.5 Å². The van der Waals surface area contributed by atoms with E-state index in [0.717, 1.165) is 37.5 Å². The lowest BCUT2D eigenvalue weighted by Crippen LogP contribution is -2.39. The van der Waals surface area contributed by atoms with Gasteiger partial charge < -0.3 is 14.8 Å². The molecule has 0 aliphatic carbocycles. The molecule has 0 spiro atoms. The van der Waals surface area contributed by atoms with Crippen LogP contribution in [0.25, 0.3) is 10.9 Å². The summed E-state index contributed by atoms with van der Waals surface area (Å²) in [6.07, 6.45) is 2.54. The van der Waals surface area contributed by atoms with E-state index in [1.807, 2.05) is 6.07 Å². The van der Waals surface area contributed by atoms with Gasteiger partial charge in [-0.05, 0) is 31.5 Å². The van der Waals surface area contributed by atoms with Gasteiger partial charge in [0.25, 0.3) is 0 Å². The maximum absolute atomic E-state index is 5.60. The smallest absolute Gasteiger partial charge is 0.0705 e. The molecule has 136 valence electrons. The van der Waals surface area contributed by atoms with Gasteiger partial charge >= 0.3 is 0 Å². The van der Waals surface area contributed by atoms with E-state index in [2.05, 4.69) is 40.5 Å². The van der Waals surface area contributed by atoms with Crippen molar-refractivity contribution in [1.29, 1.82) is 0 Å². The summed E-state index contributed by atoms with van der Waals surface area (Å²) in [5.74, 6) is 0. The molecular formula is C20H29N3O2. The van der Waals surface area contributed by atoms with Crippen molar-refractivity contribution < 1.29 is 9.47 Å². The van der Waals surface area contributed by atoms with E-state index in [-0.39, 0.29) is 0 Å². The van der Waals surface area contributed by atoms with Crippen molar-refractivity contribution in [2.45, 2.75) is 25.4 Å². The average molecular weight is 343 g/mol. The number of nitrogens with one attached hydrogen (secondary N) is 1. The molecule has 0 amide bonds. The third kappa shape index (κ3) is 5.47. The summed E-state index contributed by atoms with van der Waals surface area (Å²) in [6.45, 7) is 6.14. The standard InChI is InChI=1S/C20H29N3O2/c1-24-13-14-25-12-11-23-10-4-6-19(23)16-21-15-18-9-8-17-5-2-3-7-20(17)22-18/h2-3,5,7-9,19,21H,4,6,10-16H2,1H3/t19-/m0/s1. The summed E-state index contributed by atoms with van der Waals surface area (Å²) < 4.78 is 10.6. The third-order valence-corrected chi connectivity index (χ3v) is 4.80. The Morgan fingerprint density at radius 2 is 2.08 bits per heavy atom. The number of aromatic nitrogens is 1. The summed E-state index contributed by atoms with van der Waals surface area (Å²) in [6, 6.07) is 13.1. The van der Waals surface area contributed by atoms with E-state index in [1.54, 1.807) is 7.11 Å². The molecule has 1 fully saturated rings. The number of rotatable bonds is 10.